The zero-order valence-electron chi connectivity index (χ0n) is 7.19. The van der Waals surface area contributed by atoms with Crippen LogP contribution in [0.2, 0.25) is 0 Å². The molecule has 1 aromatic rings. The summed E-state index contributed by atoms with van der Waals surface area (Å²) in [5.74, 6) is 0. The zero-order valence-corrected chi connectivity index (χ0v) is 8.01. The lowest BCUT2D eigenvalue weighted by Gasteiger charge is -2.01. The van der Waals surface area contributed by atoms with Crippen molar-refractivity contribution in [2.75, 3.05) is 0 Å². The second kappa shape index (κ2) is 3.94. The van der Waals surface area contributed by atoms with Crippen LogP contribution in [0, 0.1) is 0 Å². The molecule has 1 fully saturated rings. The van der Waals surface area contributed by atoms with Crippen molar-refractivity contribution in [3.05, 3.63) is 29.8 Å². The monoisotopic (exact) mass is 193 g/mol. The number of carbonyl (C=O) groups excluding carboxylic acids is 1. The average Bonchev–Trinajstić information content (AvgIpc) is 2.99. The Hall–Kier alpha value is -0.800. The summed E-state index contributed by atoms with van der Waals surface area (Å²) < 4.78 is 3.32. The molecule has 1 aliphatic rings. The van der Waals surface area contributed by atoms with Gasteiger partial charge in [-0.05, 0) is 36.9 Å². The molecule has 68 valence electrons. The molecule has 0 heterocycles. The summed E-state index contributed by atoms with van der Waals surface area (Å²) in [5, 5.41) is 0. The van der Waals surface area contributed by atoms with E-state index in [1.807, 2.05) is 24.3 Å². The molecule has 3 heteroatoms. The molecule has 1 aliphatic carbocycles. The molecular weight excluding hydrogens is 182 g/mol. The van der Waals surface area contributed by atoms with Crippen LogP contribution in [0.3, 0.4) is 0 Å². The first-order chi connectivity index (χ1) is 6.38. The second-order valence-corrected chi connectivity index (χ2v) is 4.10. The Kier molecular flexibility index (Phi) is 2.66. The van der Waals surface area contributed by atoms with Gasteiger partial charge in [-0.25, -0.2) is 0 Å². The standard InChI is InChI=1S/C10H11NOS/c12-7-8-2-1-3-10(6-8)13-11-9-4-5-9/h1-3,6-7,9,11H,4-5H2. The molecule has 0 spiro atoms. The Labute approximate surface area is 81.9 Å². The largest absolute Gasteiger partial charge is 0.298 e. The fourth-order valence-corrected chi connectivity index (χ4v) is 1.88. The minimum atomic E-state index is 0.685. The van der Waals surface area contributed by atoms with E-state index in [2.05, 4.69) is 4.72 Å². The van der Waals surface area contributed by atoms with E-state index in [0.717, 1.165) is 16.7 Å². The highest BCUT2D eigenvalue weighted by atomic mass is 32.2. The van der Waals surface area contributed by atoms with Gasteiger partial charge in [0.1, 0.15) is 6.29 Å². The van der Waals surface area contributed by atoms with Crippen molar-refractivity contribution in [3.8, 4) is 0 Å². The van der Waals surface area contributed by atoms with Gasteiger partial charge in [0.2, 0.25) is 0 Å². The van der Waals surface area contributed by atoms with Crippen molar-refractivity contribution in [2.24, 2.45) is 0 Å². The van der Waals surface area contributed by atoms with Crippen LogP contribution in [-0.2, 0) is 0 Å². The van der Waals surface area contributed by atoms with Crippen LogP contribution in [0.15, 0.2) is 29.2 Å². The maximum absolute atomic E-state index is 10.5. The molecular formula is C10H11NOS. The van der Waals surface area contributed by atoms with E-state index >= 15 is 0 Å². The summed E-state index contributed by atoms with van der Waals surface area (Å²) in [6, 6.07) is 8.31. The molecule has 0 amide bonds. The second-order valence-electron chi connectivity index (χ2n) is 3.18. The predicted molar refractivity (Wildman–Crippen MR) is 53.8 cm³/mol. The number of benzene rings is 1. The van der Waals surface area contributed by atoms with Crippen LogP contribution in [0.25, 0.3) is 0 Å². The number of hydrogen-bond acceptors (Lipinski definition) is 3. The molecule has 1 aromatic carbocycles. The molecule has 1 saturated carbocycles. The van der Waals surface area contributed by atoms with Crippen molar-refractivity contribution >= 4 is 18.2 Å². The molecule has 0 bridgehead atoms. The molecule has 1 N–H and O–H groups in total. The molecule has 0 aromatic heterocycles. The Balaban J connectivity index is 1.97. The van der Waals surface area contributed by atoms with Crippen LogP contribution < -0.4 is 4.72 Å². The SMILES string of the molecule is O=Cc1cccc(SNC2CC2)c1. The van der Waals surface area contributed by atoms with Crippen LogP contribution in [0.1, 0.15) is 23.2 Å². The quantitative estimate of drug-likeness (QED) is 0.587. The molecule has 0 atom stereocenters. The minimum Gasteiger partial charge on any atom is -0.298 e. The van der Waals surface area contributed by atoms with Crippen molar-refractivity contribution < 1.29 is 4.79 Å². The number of carbonyl (C=O) groups is 1. The Morgan fingerprint density at radius 1 is 1.46 bits per heavy atom. The first-order valence-corrected chi connectivity index (χ1v) is 5.18. The smallest absolute Gasteiger partial charge is 0.150 e. The van der Waals surface area contributed by atoms with E-state index in [0.29, 0.717) is 6.04 Å². The van der Waals surface area contributed by atoms with Crippen molar-refractivity contribution in [1.82, 2.24) is 4.72 Å². The molecule has 13 heavy (non-hydrogen) atoms. The number of rotatable bonds is 4. The number of hydrogen-bond donors (Lipinski definition) is 1. The van der Waals surface area contributed by atoms with E-state index in [9.17, 15) is 4.79 Å². The third kappa shape index (κ3) is 2.57. The van der Waals surface area contributed by atoms with Gasteiger partial charge in [-0.3, -0.25) is 9.52 Å². The van der Waals surface area contributed by atoms with Crippen molar-refractivity contribution in [2.45, 2.75) is 23.8 Å². The van der Waals surface area contributed by atoms with Gasteiger partial charge in [-0.15, -0.1) is 0 Å². The fraction of sp³-hybridized carbons (Fsp3) is 0.300. The van der Waals surface area contributed by atoms with Gasteiger partial charge in [0.25, 0.3) is 0 Å². The van der Waals surface area contributed by atoms with Gasteiger partial charge in [0, 0.05) is 16.5 Å². The normalized spacial score (nSPS) is 15.7. The van der Waals surface area contributed by atoms with Crippen molar-refractivity contribution in [1.29, 1.82) is 0 Å². The third-order valence-electron chi connectivity index (χ3n) is 1.91. The Bertz CT molecular complexity index is 310. The molecule has 0 aliphatic heterocycles. The Morgan fingerprint density at radius 3 is 3.00 bits per heavy atom. The van der Waals surface area contributed by atoms with E-state index < -0.39 is 0 Å². The first-order valence-electron chi connectivity index (χ1n) is 4.36. The van der Waals surface area contributed by atoms with Gasteiger partial charge in [-0.1, -0.05) is 12.1 Å². The number of nitrogens with one attached hydrogen (secondary N) is 1. The highest BCUT2D eigenvalue weighted by Crippen LogP contribution is 2.25. The van der Waals surface area contributed by atoms with Gasteiger partial charge in [-0.2, -0.15) is 0 Å². The highest BCUT2D eigenvalue weighted by molar-refractivity contribution is 7.97. The minimum absolute atomic E-state index is 0.685. The summed E-state index contributed by atoms with van der Waals surface area (Å²) in [6.45, 7) is 0. The van der Waals surface area contributed by atoms with Gasteiger partial charge in [0.05, 0.1) is 0 Å². The summed E-state index contributed by atoms with van der Waals surface area (Å²) in [4.78, 5) is 11.6. The van der Waals surface area contributed by atoms with E-state index in [-0.39, 0.29) is 0 Å². The Morgan fingerprint density at radius 2 is 2.31 bits per heavy atom. The van der Waals surface area contributed by atoms with Gasteiger partial charge < -0.3 is 0 Å². The lowest BCUT2D eigenvalue weighted by atomic mass is 10.2. The van der Waals surface area contributed by atoms with Crippen LogP contribution in [0.4, 0.5) is 0 Å². The maximum Gasteiger partial charge on any atom is 0.150 e. The van der Waals surface area contributed by atoms with Crippen molar-refractivity contribution in [3.63, 3.8) is 0 Å². The van der Waals surface area contributed by atoms with E-state index in [1.165, 1.54) is 12.8 Å². The van der Waals surface area contributed by atoms with Gasteiger partial charge in [0.15, 0.2) is 0 Å². The lowest BCUT2D eigenvalue weighted by molar-refractivity contribution is 0.112. The topological polar surface area (TPSA) is 29.1 Å². The first kappa shape index (κ1) is 8.78. The van der Waals surface area contributed by atoms with Gasteiger partial charge >= 0.3 is 0 Å². The molecule has 0 saturated heterocycles. The third-order valence-corrected chi connectivity index (χ3v) is 2.86. The van der Waals surface area contributed by atoms with E-state index in [1.54, 1.807) is 11.9 Å². The number of aldehydes is 1. The molecule has 0 unspecified atom stereocenters. The maximum atomic E-state index is 10.5. The van der Waals surface area contributed by atoms with Crippen LogP contribution >= 0.6 is 11.9 Å². The predicted octanol–water partition coefficient (Wildman–Crippen LogP) is 2.26. The lowest BCUT2D eigenvalue weighted by Crippen LogP contribution is -2.04. The summed E-state index contributed by atoms with van der Waals surface area (Å²) >= 11 is 1.61. The molecule has 2 rings (SSSR count). The fourth-order valence-electron chi connectivity index (χ4n) is 1.00. The zero-order chi connectivity index (χ0) is 9.10. The summed E-state index contributed by atoms with van der Waals surface area (Å²) in [7, 11) is 0. The average molecular weight is 193 g/mol. The van der Waals surface area contributed by atoms with Crippen LogP contribution in [0.5, 0.6) is 0 Å². The summed E-state index contributed by atoms with van der Waals surface area (Å²) in [5.41, 5.74) is 0.739. The van der Waals surface area contributed by atoms with Crippen LogP contribution in [-0.4, -0.2) is 12.3 Å². The van der Waals surface area contributed by atoms with E-state index in [4.69, 9.17) is 0 Å². The summed E-state index contributed by atoms with van der Waals surface area (Å²) in [6.07, 6.45) is 3.43. The highest BCUT2D eigenvalue weighted by Gasteiger charge is 2.20. The molecule has 2 nitrogen and oxygen atoms in total. The molecule has 0 radical (unpaired) electrons.